The summed E-state index contributed by atoms with van der Waals surface area (Å²) in [6.07, 6.45) is 5.98. The lowest BCUT2D eigenvalue weighted by Gasteiger charge is -2.59. The molecule has 1 atom stereocenters. The third kappa shape index (κ3) is 2.92. The Morgan fingerprint density at radius 1 is 1.21 bits per heavy atom. The van der Waals surface area contributed by atoms with Gasteiger partial charge in [0, 0.05) is 24.9 Å². The number of aryl methyl sites for hydroxylation is 1. The summed E-state index contributed by atoms with van der Waals surface area (Å²) in [7, 11) is 1.66. The van der Waals surface area contributed by atoms with E-state index in [1.54, 1.807) is 7.11 Å². The van der Waals surface area contributed by atoms with Crippen molar-refractivity contribution in [1.82, 2.24) is 4.90 Å². The fourth-order valence-electron chi connectivity index (χ4n) is 4.53. The number of piperidine rings is 1. The molecule has 1 unspecified atom stereocenters. The van der Waals surface area contributed by atoms with Crippen molar-refractivity contribution in [3.8, 4) is 5.75 Å². The number of hydrogen-bond acceptors (Lipinski definition) is 3. The molecule has 1 amide bonds. The van der Waals surface area contributed by atoms with Gasteiger partial charge < -0.3 is 14.7 Å². The maximum Gasteiger partial charge on any atom is 0.222 e. The van der Waals surface area contributed by atoms with Crippen molar-refractivity contribution in [1.29, 1.82) is 0 Å². The van der Waals surface area contributed by atoms with Gasteiger partial charge in [0.05, 0.1) is 12.7 Å². The predicted molar refractivity (Wildman–Crippen MR) is 94.0 cm³/mol. The molecule has 132 valence electrons. The summed E-state index contributed by atoms with van der Waals surface area (Å²) >= 11 is 0. The van der Waals surface area contributed by atoms with Crippen molar-refractivity contribution in [3.63, 3.8) is 0 Å². The number of rotatable bonds is 5. The Balaban J connectivity index is 1.53. The van der Waals surface area contributed by atoms with E-state index >= 15 is 0 Å². The quantitative estimate of drug-likeness (QED) is 0.901. The first-order chi connectivity index (χ1) is 11.5. The second kappa shape index (κ2) is 6.75. The average Bonchev–Trinajstić information content (AvgIpc) is 2.64. The Hall–Kier alpha value is -1.55. The molecule has 1 aromatic carbocycles. The lowest BCUT2D eigenvalue weighted by Crippen LogP contribution is -2.61. The standard InChI is InChI=1S/C20H29NO3/c1-3-20(23)11-10-19(20)12-14-21(15-13-19)18(22)9-8-16-6-4-5-7-17(16)24-2/h4-7,23H,3,8-15H2,1-2H3. The van der Waals surface area contributed by atoms with E-state index in [1.165, 1.54) is 0 Å². The van der Waals surface area contributed by atoms with Gasteiger partial charge in [-0.1, -0.05) is 25.1 Å². The number of aliphatic hydroxyl groups is 1. The van der Waals surface area contributed by atoms with E-state index in [-0.39, 0.29) is 11.3 Å². The molecular formula is C20H29NO3. The normalized spacial score (nSPS) is 25.4. The second-order valence-electron chi connectivity index (χ2n) is 7.36. The number of carbonyl (C=O) groups excluding carboxylic acids is 1. The van der Waals surface area contributed by atoms with Crippen LogP contribution in [0.4, 0.5) is 0 Å². The molecule has 1 N–H and O–H groups in total. The number of hydrogen-bond donors (Lipinski definition) is 1. The van der Waals surface area contributed by atoms with E-state index in [0.717, 1.165) is 56.5 Å². The number of carbonyl (C=O) groups is 1. The van der Waals surface area contributed by atoms with E-state index in [2.05, 4.69) is 6.92 Å². The van der Waals surface area contributed by atoms with Crippen LogP contribution in [0.2, 0.25) is 0 Å². The van der Waals surface area contributed by atoms with Gasteiger partial charge in [-0.05, 0) is 50.2 Å². The molecule has 4 nitrogen and oxygen atoms in total. The molecule has 1 spiro atoms. The topological polar surface area (TPSA) is 49.8 Å². The van der Waals surface area contributed by atoms with Crippen molar-refractivity contribution in [2.75, 3.05) is 20.2 Å². The number of amides is 1. The molecule has 3 rings (SSSR count). The van der Waals surface area contributed by atoms with Crippen LogP contribution in [0.1, 0.15) is 51.0 Å². The van der Waals surface area contributed by atoms with Gasteiger partial charge in [-0.3, -0.25) is 4.79 Å². The average molecular weight is 331 g/mol. The van der Waals surface area contributed by atoms with Crippen LogP contribution in [0.5, 0.6) is 5.75 Å². The molecule has 1 heterocycles. The number of para-hydroxylation sites is 1. The first kappa shape index (κ1) is 17.3. The summed E-state index contributed by atoms with van der Waals surface area (Å²) in [5.74, 6) is 1.07. The van der Waals surface area contributed by atoms with E-state index < -0.39 is 5.60 Å². The molecule has 1 aliphatic carbocycles. The summed E-state index contributed by atoms with van der Waals surface area (Å²) in [5, 5.41) is 10.7. The van der Waals surface area contributed by atoms with Gasteiger partial charge in [0.15, 0.2) is 0 Å². The van der Waals surface area contributed by atoms with Crippen LogP contribution >= 0.6 is 0 Å². The zero-order valence-electron chi connectivity index (χ0n) is 14.9. The largest absolute Gasteiger partial charge is 0.496 e. The Morgan fingerprint density at radius 2 is 1.92 bits per heavy atom. The van der Waals surface area contributed by atoms with Gasteiger partial charge in [0.1, 0.15) is 5.75 Å². The van der Waals surface area contributed by atoms with Gasteiger partial charge in [0.25, 0.3) is 0 Å². The van der Waals surface area contributed by atoms with E-state index in [0.29, 0.717) is 12.8 Å². The van der Waals surface area contributed by atoms with Gasteiger partial charge >= 0.3 is 0 Å². The summed E-state index contributed by atoms with van der Waals surface area (Å²) in [5.41, 5.74) is 0.668. The van der Waals surface area contributed by atoms with Crippen molar-refractivity contribution in [2.24, 2.45) is 5.41 Å². The van der Waals surface area contributed by atoms with Crippen LogP contribution in [0.3, 0.4) is 0 Å². The lowest BCUT2D eigenvalue weighted by molar-refractivity contribution is -0.192. The molecule has 1 aromatic rings. The fraction of sp³-hybridized carbons (Fsp3) is 0.650. The molecule has 2 aliphatic rings. The summed E-state index contributed by atoms with van der Waals surface area (Å²) in [4.78, 5) is 14.5. The van der Waals surface area contributed by atoms with Crippen LogP contribution in [0.15, 0.2) is 24.3 Å². The molecule has 4 heteroatoms. The fourth-order valence-corrected chi connectivity index (χ4v) is 4.53. The molecule has 1 saturated heterocycles. The Labute approximate surface area is 144 Å². The lowest BCUT2D eigenvalue weighted by atomic mass is 9.51. The number of benzene rings is 1. The maximum absolute atomic E-state index is 12.5. The molecule has 2 fully saturated rings. The predicted octanol–water partition coefficient (Wildman–Crippen LogP) is 3.17. The number of likely N-dealkylation sites (tertiary alicyclic amines) is 1. The highest BCUT2D eigenvalue weighted by molar-refractivity contribution is 5.76. The van der Waals surface area contributed by atoms with Crippen LogP contribution in [0.25, 0.3) is 0 Å². The minimum absolute atomic E-state index is 0.0706. The number of ether oxygens (including phenoxy) is 1. The minimum Gasteiger partial charge on any atom is -0.496 e. The van der Waals surface area contributed by atoms with Gasteiger partial charge in [-0.15, -0.1) is 0 Å². The monoisotopic (exact) mass is 331 g/mol. The zero-order chi connectivity index (χ0) is 17.2. The SMILES string of the molecule is CCC1(O)CCC12CCN(C(=O)CCc1ccccc1OC)CC2. The second-order valence-corrected chi connectivity index (χ2v) is 7.36. The molecule has 0 radical (unpaired) electrons. The Kier molecular flexibility index (Phi) is 4.86. The first-order valence-electron chi connectivity index (χ1n) is 9.16. The molecular weight excluding hydrogens is 302 g/mol. The Bertz CT molecular complexity index is 588. The molecule has 0 bridgehead atoms. The van der Waals surface area contributed by atoms with Gasteiger partial charge in [0.2, 0.25) is 5.91 Å². The molecule has 1 saturated carbocycles. The Morgan fingerprint density at radius 3 is 2.50 bits per heavy atom. The van der Waals surface area contributed by atoms with Crippen LogP contribution < -0.4 is 4.74 Å². The van der Waals surface area contributed by atoms with Crippen LogP contribution in [-0.4, -0.2) is 41.7 Å². The highest BCUT2D eigenvalue weighted by atomic mass is 16.5. The third-order valence-electron chi connectivity index (χ3n) is 6.46. The highest BCUT2D eigenvalue weighted by Crippen LogP contribution is 2.57. The number of nitrogens with zero attached hydrogens (tertiary/aromatic N) is 1. The smallest absolute Gasteiger partial charge is 0.222 e. The number of methoxy groups -OCH3 is 1. The van der Waals surface area contributed by atoms with E-state index in [9.17, 15) is 9.90 Å². The van der Waals surface area contributed by atoms with E-state index in [4.69, 9.17) is 4.74 Å². The molecule has 24 heavy (non-hydrogen) atoms. The summed E-state index contributed by atoms with van der Waals surface area (Å²) in [6.45, 7) is 3.64. The molecule has 1 aliphatic heterocycles. The maximum atomic E-state index is 12.5. The summed E-state index contributed by atoms with van der Waals surface area (Å²) in [6, 6.07) is 7.89. The highest BCUT2D eigenvalue weighted by Gasteiger charge is 2.57. The van der Waals surface area contributed by atoms with Gasteiger partial charge in [-0.2, -0.15) is 0 Å². The van der Waals surface area contributed by atoms with Crippen molar-refractivity contribution >= 4 is 5.91 Å². The minimum atomic E-state index is -0.487. The van der Waals surface area contributed by atoms with Crippen LogP contribution in [0, 0.1) is 5.41 Å². The van der Waals surface area contributed by atoms with Crippen LogP contribution in [-0.2, 0) is 11.2 Å². The van der Waals surface area contributed by atoms with Crippen molar-refractivity contribution in [2.45, 2.75) is 57.5 Å². The van der Waals surface area contributed by atoms with E-state index in [1.807, 2.05) is 29.2 Å². The van der Waals surface area contributed by atoms with Crippen molar-refractivity contribution in [3.05, 3.63) is 29.8 Å². The first-order valence-corrected chi connectivity index (χ1v) is 9.16. The van der Waals surface area contributed by atoms with Crippen molar-refractivity contribution < 1.29 is 14.6 Å². The van der Waals surface area contributed by atoms with Gasteiger partial charge in [-0.25, -0.2) is 0 Å². The zero-order valence-corrected chi connectivity index (χ0v) is 14.9. The summed E-state index contributed by atoms with van der Waals surface area (Å²) < 4.78 is 5.36. The third-order valence-corrected chi connectivity index (χ3v) is 6.46. The molecule has 0 aromatic heterocycles.